The fourth-order valence-electron chi connectivity index (χ4n) is 3.44. The molecule has 0 radical (unpaired) electrons. The summed E-state index contributed by atoms with van der Waals surface area (Å²) in [6, 6.07) is 14.5. The minimum Gasteiger partial charge on any atom is -0.410 e. The monoisotopic (exact) mass is 472 g/mol. The zero-order chi connectivity index (χ0) is 23.6. The molecule has 1 amide bonds. The van der Waals surface area contributed by atoms with Crippen LogP contribution in [0.15, 0.2) is 65.6 Å². The standard InChI is InChI=1S/C22H21FN4O5S/c1-24-33(30,31)25-18-6-4-5-17(21(18)23)14-27-13-16-9-8-15(11-19(16)32-22(27)29)12-26-10-3-2-7-20(26)28/h2-11,24-25H,12-14H2,1H3. The van der Waals surface area contributed by atoms with E-state index in [1.54, 1.807) is 30.5 Å². The molecule has 1 aromatic heterocycles. The summed E-state index contributed by atoms with van der Waals surface area (Å²) in [5.74, 6) is -0.396. The first-order chi connectivity index (χ1) is 15.8. The van der Waals surface area contributed by atoms with Crippen LogP contribution in [-0.4, -0.2) is 31.0 Å². The SMILES string of the molecule is CNS(=O)(=O)Nc1cccc(CN2Cc3ccc(Cn4ccccc4=O)cc3OC2=O)c1F. The quantitative estimate of drug-likeness (QED) is 0.549. The maximum atomic E-state index is 14.8. The number of nitrogens with zero attached hydrogens (tertiary/aromatic N) is 2. The number of carbonyl (C=O) groups is 1. The third kappa shape index (κ3) is 5.04. The minimum atomic E-state index is -3.89. The predicted octanol–water partition coefficient (Wildman–Crippen LogP) is 2.43. The summed E-state index contributed by atoms with van der Waals surface area (Å²) < 4.78 is 49.3. The first kappa shape index (κ1) is 22.5. The Bertz CT molecular complexity index is 1370. The number of benzene rings is 2. The molecule has 172 valence electrons. The van der Waals surface area contributed by atoms with E-state index in [1.165, 1.54) is 40.8 Å². The van der Waals surface area contributed by atoms with Gasteiger partial charge in [-0.15, -0.1) is 0 Å². The molecule has 0 spiro atoms. The van der Waals surface area contributed by atoms with Gasteiger partial charge in [-0.25, -0.2) is 13.9 Å². The van der Waals surface area contributed by atoms with Crippen LogP contribution in [0.5, 0.6) is 5.75 Å². The number of amides is 1. The number of pyridine rings is 1. The second-order valence-corrected chi connectivity index (χ2v) is 9.04. The van der Waals surface area contributed by atoms with Gasteiger partial charge in [0, 0.05) is 30.4 Å². The third-order valence-corrected chi connectivity index (χ3v) is 6.18. The minimum absolute atomic E-state index is 0.111. The topological polar surface area (TPSA) is 110 Å². The number of fused-ring (bicyclic) bond motifs is 1. The Kier molecular flexibility index (Phi) is 6.16. The molecule has 0 atom stereocenters. The zero-order valence-corrected chi connectivity index (χ0v) is 18.4. The first-order valence-corrected chi connectivity index (χ1v) is 11.5. The molecule has 2 N–H and O–H groups in total. The number of aromatic nitrogens is 1. The van der Waals surface area contributed by atoms with Gasteiger partial charge in [0.1, 0.15) is 5.75 Å². The second-order valence-electron chi connectivity index (χ2n) is 7.42. The number of nitrogens with one attached hydrogen (secondary N) is 2. The largest absolute Gasteiger partial charge is 0.415 e. The van der Waals surface area contributed by atoms with Crippen molar-refractivity contribution in [2.24, 2.45) is 0 Å². The van der Waals surface area contributed by atoms with Crippen molar-refractivity contribution in [2.75, 3.05) is 11.8 Å². The van der Waals surface area contributed by atoms with E-state index in [-0.39, 0.29) is 29.9 Å². The molecule has 11 heteroatoms. The van der Waals surface area contributed by atoms with Crippen LogP contribution in [0, 0.1) is 5.82 Å². The van der Waals surface area contributed by atoms with Crippen LogP contribution < -0.4 is 19.7 Å². The molecule has 1 aliphatic rings. The molecule has 3 aromatic rings. The molecule has 0 aliphatic carbocycles. The van der Waals surface area contributed by atoms with E-state index in [2.05, 4.69) is 4.72 Å². The number of halogens is 1. The lowest BCUT2D eigenvalue weighted by Crippen LogP contribution is -2.36. The number of hydrogen-bond acceptors (Lipinski definition) is 5. The number of rotatable bonds is 7. The summed E-state index contributed by atoms with van der Waals surface area (Å²) in [5, 5.41) is 0. The normalized spacial score (nSPS) is 13.4. The highest BCUT2D eigenvalue weighted by atomic mass is 32.2. The smallest absolute Gasteiger partial charge is 0.410 e. The average Bonchev–Trinajstić information content (AvgIpc) is 2.78. The lowest BCUT2D eigenvalue weighted by Gasteiger charge is -2.28. The van der Waals surface area contributed by atoms with Gasteiger partial charge in [-0.3, -0.25) is 14.4 Å². The number of anilines is 1. The van der Waals surface area contributed by atoms with Crippen LogP contribution in [0.3, 0.4) is 0 Å². The van der Waals surface area contributed by atoms with Crippen molar-refractivity contribution in [1.29, 1.82) is 0 Å². The Balaban J connectivity index is 1.52. The van der Waals surface area contributed by atoms with Crippen LogP contribution in [0.4, 0.5) is 14.9 Å². The second kappa shape index (κ2) is 9.04. The Hall–Kier alpha value is -3.70. The molecule has 0 unspecified atom stereocenters. The van der Waals surface area contributed by atoms with Crippen molar-refractivity contribution in [3.63, 3.8) is 0 Å². The molecule has 0 fully saturated rings. The van der Waals surface area contributed by atoms with E-state index in [0.29, 0.717) is 12.3 Å². The van der Waals surface area contributed by atoms with Gasteiger partial charge in [0.05, 0.1) is 25.3 Å². The van der Waals surface area contributed by atoms with E-state index >= 15 is 0 Å². The van der Waals surface area contributed by atoms with E-state index in [0.717, 1.165) is 11.1 Å². The van der Waals surface area contributed by atoms with E-state index in [1.807, 2.05) is 10.8 Å². The van der Waals surface area contributed by atoms with Gasteiger partial charge in [-0.1, -0.05) is 30.3 Å². The maximum absolute atomic E-state index is 14.8. The molecule has 2 aromatic carbocycles. The Labute approximate surface area is 189 Å². The lowest BCUT2D eigenvalue weighted by molar-refractivity contribution is 0.134. The van der Waals surface area contributed by atoms with Gasteiger partial charge in [-0.05, 0) is 23.8 Å². The van der Waals surface area contributed by atoms with Crippen molar-refractivity contribution in [3.05, 3.63) is 93.7 Å². The van der Waals surface area contributed by atoms with E-state index in [9.17, 15) is 22.4 Å². The van der Waals surface area contributed by atoms with Crippen LogP contribution in [-0.2, 0) is 29.8 Å². The van der Waals surface area contributed by atoms with E-state index < -0.39 is 22.1 Å². The molecule has 33 heavy (non-hydrogen) atoms. The highest BCUT2D eigenvalue weighted by Crippen LogP contribution is 2.29. The maximum Gasteiger partial charge on any atom is 0.415 e. The molecule has 2 heterocycles. The summed E-state index contributed by atoms with van der Waals surface area (Å²) in [7, 11) is -2.69. The molecule has 0 saturated carbocycles. The summed E-state index contributed by atoms with van der Waals surface area (Å²) in [6.45, 7) is 0.404. The highest BCUT2D eigenvalue weighted by molar-refractivity contribution is 7.90. The summed E-state index contributed by atoms with van der Waals surface area (Å²) >= 11 is 0. The summed E-state index contributed by atoms with van der Waals surface area (Å²) in [6.07, 6.45) is 1.02. The van der Waals surface area contributed by atoms with Gasteiger partial charge in [0.2, 0.25) is 0 Å². The zero-order valence-electron chi connectivity index (χ0n) is 17.6. The summed E-state index contributed by atoms with van der Waals surface area (Å²) in [4.78, 5) is 25.8. The molecular weight excluding hydrogens is 451 g/mol. The molecular formula is C22H21FN4O5S. The van der Waals surface area contributed by atoms with Crippen LogP contribution in [0.25, 0.3) is 0 Å². The van der Waals surface area contributed by atoms with Crippen molar-refractivity contribution in [1.82, 2.24) is 14.2 Å². The van der Waals surface area contributed by atoms with Crippen LogP contribution >= 0.6 is 0 Å². The van der Waals surface area contributed by atoms with E-state index in [4.69, 9.17) is 4.74 Å². The van der Waals surface area contributed by atoms with Gasteiger partial charge in [0.15, 0.2) is 5.82 Å². The van der Waals surface area contributed by atoms with Crippen molar-refractivity contribution >= 4 is 22.0 Å². The van der Waals surface area contributed by atoms with Gasteiger partial charge >= 0.3 is 6.09 Å². The molecule has 4 rings (SSSR count). The third-order valence-electron chi connectivity index (χ3n) is 5.15. The Morgan fingerprint density at radius 1 is 1.06 bits per heavy atom. The Morgan fingerprint density at radius 2 is 1.88 bits per heavy atom. The molecule has 0 saturated heterocycles. The fourth-order valence-corrected chi connectivity index (χ4v) is 3.99. The van der Waals surface area contributed by atoms with Crippen LogP contribution in [0.1, 0.15) is 16.7 Å². The predicted molar refractivity (Wildman–Crippen MR) is 120 cm³/mol. The first-order valence-electron chi connectivity index (χ1n) is 9.98. The lowest BCUT2D eigenvalue weighted by atomic mass is 10.1. The van der Waals surface area contributed by atoms with Gasteiger partial charge in [0.25, 0.3) is 15.8 Å². The number of carbonyl (C=O) groups excluding carboxylic acids is 1. The molecule has 9 nitrogen and oxygen atoms in total. The van der Waals surface area contributed by atoms with Crippen LogP contribution in [0.2, 0.25) is 0 Å². The molecule has 0 bridgehead atoms. The van der Waals surface area contributed by atoms with Crippen molar-refractivity contribution in [3.8, 4) is 5.75 Å². The highest BCUT2D eigenvalue weighted by Gasteiger charge is 2.26. The van der Waals surface area contributed by atoms with Gasteiger partial charge < -0.3 is 9.30 Å². The Morgan fingerprint density at radius 3 is 2.64 bits per heavy atom. The summed E-state index contributed by atoms with van der Waals surface area (Å²) in [5.41, 5.74) is 1.28. The van der Waals surface area contributed by atoms with Crippen molar-refractivity contribution < 1.29 is 22.3 Å². The van der Waals surface area contributed by atoms with Gasteiger partial charge in [-0.2, -0.15) is 8.42 Å². The average molecular weight is 472 g/mol. The number of ether oxygens (including phenoxy) is 1. The number of hydrogen-bond donors (Lipinski definition) is 2. The molecule has 1 aliphatic heterocycles. The van der Waals surface area contributed by atoms with Crippen molar-refractivity contribution in [2.45, 2.75) is 19.6 Å². The fraction of sp³-hybridized carbons (Fsp3) is 0.182.